The lowest BCUT2D eigenvalue weighted by Gasteiger charge is -2.27. The highest BCUT2D eigenvalue weighted by molar-refractivity contribution is 7.23. The van der Waals surface area contributed by atoms with Crippen LogP contribution in [-0.2, 0) is 9.47 Å². The molecule has 2 unspecified atom stereocenters. The molecule has 14 heteroatoms. The Morgan fingerprint density at radius 2 is 1.82 bits per heavy atom. The number of aromatic nitrogens is 3. The van der Waals surface area contributed by atoms with E-state index in [1.54, 1.807) is 30.4 Å². The van der Waals surface area contributed by atoms with Crippen LogP contribution >= 0.6 is 11.3 Å². The first kappa shape index (κ1) is 32.0. The zero-order valence-corrected chi connectivity index (χ0v) is 29.2. The van der Waals surface area contributed by atoms with Crippen molar-refractivity contribution in [3.05, 3.63) is 40.7 Å². The third-order valence-electron chi connectivity index (χ3n) is 9.89. The number of halogens is 2. The molecule has 8 rings (SSSR count). The number of nitrogens with one attached hydrogen (secondary N) is 1. The SMILES string of the molecule is CC1[B][C@@]23CN(C(=O)OC(C)(C)C)C[C@@H]2C3c2nn(C3CC3)c3c(F)c(-c4ccc(F)c5sc(NC(=O)OC(C)(C)C)c(C#N)c45)nc1c23. The fraction of sp³-hybridized carbons (Fsp3) is 0.514. The van der Waals surface area contributed by atoms with Crippen LogP contribution in [0.2, 0.25) is 5.31 Å². The summed E-state index contributed by atoms with van der Waals surface area (Å²) in [6.45, 7) is 13.7. The Labute approximate surface area is 287 Å². The largest absolute Gasteiger partial charge is 0.444 e. The summed E-state index contributed by atoms with van der Waals surface area (Å²) in [5.74, 6) is -1.26. The van der Waals surface area contributed by atoms with Gasteiger partial charge in [-0.25, -0.2) is 23.4 Å². The molecule has 1 radical (unpaired) electrons. The van der Waals surface area contributed by atoms with Gasteiger partial charge in [0.15, 0.2) is 5.82 Å². The van der Waals surface area contributed by atoms with Crippen molar-refractivity contribution in [2.24, 2.45) is 5.92 Å². The minimum Gasteiger partial charge on any atom is -0.444 e. The molecule has 3 aromatic heterocycles. The molecular weight excluding hydrogens is 649 g/mol. The molecule has 253 valence electrons. The molecule has 1 saturated heterocycles. The Kier molecular flexibility index (Phi) is 6.78. The average molecular weight is 686 g/mol. The normalized spacial score (nSPS) is 24.2. The van der Waals surface area contributed by atoms with Crippen molar-refractivity contribution in [1.29, 1.82) is 5.26 Å². The molecule has 4 atom stereocenters. The number of carbonyl (C=O) groups is 2. The smallest absolute Gasteiger partial charge is 0.412 e. The molecule has 1 aromatic carbocycles. The highest BCUT2D eigenvalue weighted by Gasteiger charge is 2.72. The molecule has 49 heavy (non-hydrogen) atoms. The lowest BCUT2D eigenvalue weighted by Crippen LogP contribution is -2.38. The number of piperidine rings is 1. The van der Waals surface area contributed by atoms with Gasteiger partial charge < -0.3 is 14.4 Å². The van der Waals surface area contributed by atoms with E-state index in [0.717, 1.165) is 29.9 Å². The van der Waals surface area contributed by atoms with Gasteiger partial charge in [-0.2, -0.15) is 10.4 Å². The number of carbonyl (C=O) groups excluding carboxylic acids is 2. The summed E-state index contributed by atoms with van der Waals surface area (Å²) in [5, 5.41) is 18.6. The Balaban J connectivity index is 1.26. The topological polar surface area (TPSA) is 122 Å². The van der Waals surface area contributed by atoms with Crippen molar-refractivity contribution < 1.29 is 27.8 Å². The number of anilines is 1. The third-order valence-corrected chi connectivity index (χ3v) is 11.0. The minimum absolute atomic E-state index is 0.000289. The van der Waals surface area contributed by atoms with E-state index in [-0.39, 0.29) is 67.0 Å². The zero-order valence-electron chi connectivity index (χ0n) is 28.4. The number of benzene rings is 1. The molecule has 0 bridgehead atoms. The van der Waals surface area contributed by atoms with Gasteiger partial charge in [0, 0.05) is 41.0 Å². The summed E-state index contributed by atoms with van der Waals surface area (Å²) in [4.78, 5) is 32.5. The van der Waals surface area contributed by atoms with E-state index in [1.165, 1.54) is 12.1 Å². The molecule has 1 spiro atoms. The maximum atomic E-state index is 17.2. The van der Waals surface area contributed by atoms with Crippen molar-refractivity contribution in [1.82, 2.24) is 19.7 Å². The minimum atomic E-state index is -0.795. The van der Waals surface area contributed by atoms with Crippen LogP contribution in [0.1, 0.15) is 96.0 Å². The van der Waals surface area contributed by atoms with Crippen molar-refractivity contribution >= 4 is 56.8 Å². The van der Waals surface area contributed by atoms with Gasteiger partial charge in [-0.05, 0) is 83.6 Å². The van der Waals surface area contributed by atoms with Gasteiger partial charge in [0.2, 0.25) is 0 Å². The number of amides is 2. The molecule has 1 N–H and O–H groups in total. The second-order valence-electron chi connectivity index (χ2n) is 15.8. The van der Waals surface area contributed by atoms with Crippen LogP contribution in [-0.4, -0.2) is 63.4 Å². The molecule has 3 fully saturated rings. The molecule has 2 amide bonds. The van der Waals surface area contributed by atoms with Crippen LogP contribution in [0.15, 0.2) is 12.1 Å². The second kappa shape index (κ2) is 10.4. The molecule has 4 aliphatic rings. The molecule has 2 aliphatic carbocycles. The molecule has 10 nitrogen and oxygen atoms in total. The molecule has 2 saturated carbocycles. The van der Waals surface area contributed by atoms with Crippen molar-refractivity contribution in [2.75, 3.05) is 18.4 Å². The predicted octanol–water partition coefficient (Wildman–Crippen LogP) is 8.05. The zero-order chi connectivity index (χ0) is 34.9. The number of ether oxygens (including phenoxy) is 2. The number of nitriles is 1. The van der Waals surface area contributed by atoms with Gasteiger partial charge in [-0.15, -0.1) is 11.3 Å². The summed E-state index contributed by atoms with van der Waals surface area (Å²) >= 11 is 0.890. The molecular formula is C35H36BF2N6O4S. The monoisotopic (exact) mass is 685 g/mol. The Morgan fingerprint density at radius 1 is 1.10 bits per heavy atom. The number of pyridine rings is 1. The van der Waals surface area contributed by atoms with Crippen molar-refractivity contribution in [3.8, 4) is 17.3 Å². The fourth-order valence-electron chi connectivity index (χ4n) is 7.92. The van der Waals surface area contributed by atoms with Crippen LogP contribution in [0.5, 0.6) is 0 Å². The fourth-order valence-corrected chi connectivity index (χ4v) is 8.99. The van der Waals surface area contributed by atoms with Gasteiger partial charge in [0.05, 0.1) is 22.0 Å². The number of hydrogen-bond donors (Lipinski definition) is 1. The van der Waals surface area contributed by atoms with E-state index in [0.29, 0.717) is 29.7 Å². The first-order chi connectivity index (χ1) is 23.0. The summed E-state index contributed by atoms with van der Waals surface area (Å²) in [7, 11) is 2.24. The lowest BCUT2D eigenvalue weighted by atomic mass is 9.51. The Hall–Kier alpha value is -4.25. The standard InChI is InChI=1S/C35H36BF2N6O4S/c1-15-25-22-27(23-19-13-43(14-35(19,23)36-15)32(46)48-34(5,6)7)42-44(16-8-9-16)28(22)24(38)26(40-25)17-10-11-20(37)29-21(17)18(12-39)30(49-29)41-31(45)47-33(2,3)4/h10-11,15-16,19,23H,8-9,13-14H2,1-7H3,(H,41,45)/t15?,19-,23?,35+/m1/s1. The Bertz CT molecular complexity index is 2160. The maximum Gasteiger partial charge on any atom is 0.412 e. The highest BCUT2D eigenvalue weighted by atomic mass is 32.1. The van der Waals surface area contributed by atoms with Gasteiger partial charge in [0.1, 0.15) is 46.6 Å². The number of nitrogens with zero attached hydrogens (tertiary/aromatic N) is 5. The quantitative estimate of drug-likeness (QED) is 0.217. The highest BCUT2D eigenvalue weighted by Crippen LogP contribution is 2.76. The molecule has 5 heterocycles. The van der Waals surface area contributed by atoms with Gasteiger partial charge in [-0.3, -0.25) is 10.00 Å². The van der Waals surface area contributed by atoms with E-state index in [9.17, 15) is 14.9 Å². The van der Waals surface area contributed by atoms with Crippen LogP contribution in [0.3, 0.4) is 0 Å². The van der Waals surface area contributed by atoms with E-state index in [1.807, 2.05) is 27.7 Å². The number of rotatable bonds is 3. The van der Waals surface area contributed by atoms with Crippen LogP contribution in [0.25, 0.3) is 32.2 Å². The summed E-state index contributed by atoms with van der Waals surface area (Å²) < 4.78 is 45.5. The van der Waals surface area contributed by atoms with Crippen molar-refractivity contribution in [2.45, 2.75) is 95.6 Å². The Morgan fingerprint density at radius 3 is 2.47 bits per heavy atom. The summed E-state index contributed by atoms with van der Waals surface area (Å²) in [6.07, 6.45) is 0.613. The first-order valence-corrected chi connectivity index (χ1v) is 17.4. The van der Waals surface area contributed by atoms with Crippen LogP contribution in [0.4, 0.5) is 23.4 Å². The van der Waals surface area contributed by atoms with E-state index >= 15 is 8.78 Å². The molecule has 2 aliphatic heterocycles. The van der Waals surface area contributed by atoms with E-state index < -0.39 is 28.9 Å². The third kappa shape index (κ3) is 4.98. The van der Waals surface area contributed by atoms with Crippen LogP contribution < -0.4 is 5.32 Å². The summed E-state index contributed by atoms with van der Waals surface area (Å²) in [6, 6.07) is 4.83. The number of likely N-dealkylation sites (tertiary alicyclic amines) is 1. The van der Waals surface area contributed by atoms with Gasteiger partial charge >= 0.3 is 12.2 Å². The lowest BCUT2D eigenvalue weighted by molar-refractivity contribution is 0.0271. The number of hydrogen-bond acceptors (Lipinski definition) is 8. The first-order valence-electron chi connectivity index (χ1n) is 16.6. The van der Waals surface area contributed by atoms with E-state index in [2.05, 4.69) is 18.7 Å². The van der Waals surface area contributed by atoms with E-state index in [4.69, 9.17) is 19.6 Å². The van der Waals surface area contributed by atoms with Crippen molar-refractivity contribution in [3.63, 3.8) is 0 Å². The van der Waals surface area contributed by atoms with Gasteiger partial charge in [0.25, 0.3) is 0 Å². The van der Waals surface area contributed by atoms with Gasteiger partial charge in [-0.1, -0.05) is 6.92 Å². The number of thiophene rings is 1. The summed E-state index contributed by atoms with van der Waals surface area (Å²) in [5.41, 5.74) is 0.658. The van der Waals surface area contributed by atoms with Crippen LogP contribution in [0, 0.1) is 28.9 Å². The molecule has 4 aromatic rings. The maximum absolute atomic E-state index is 17.2. The second-order valence-corrected chi connectivity index (χ2v) is 16.8. The predicted molar refractivity (Wildman–Crippen MR) is 182 cm³/mol. The average Bonchev–Trinajstić information content (AvgIpc) is 3.79. The number of fused-ring (bicyclic) bond motifs is 3.